The highest BCUT2D eigenvalue weighted by Crippen LogP contribution is 2.48. The van der Waals surface area contributed by atoms with Crippen LogP contribution in [0, 0.1) is 11.7 Å². The molecule has 0 saturated carbocycles. The molecular weight excluding hydrogens is 720 g/mol. The number of methoxy groups -OCH3 is 1. The molecule has 8 rings (SSSR count). The van der Waals surface area contributed by atoms with Crippen molar-refractivity contribution in [3.05, 3.63) is 76.1 Å². The summed E-state index contributed by atoms with van der Waals surface area (Å²) in [5.41, 5.74) is 3.12. The Kier molecular flexibility index (Phi) is 9.37. The lowest BCUT2D eigenvalue weighted by molar-refractivity contribution is -0.135. The van der Waals surface area contributed by atoms with E-state index in [1.165, 1.54) is 18.1 Å². The number of hydrogen-bond donors (Lipinski definition) is 2. The number of aromatic nitrogens is 3. The summed E-state index contributed by atoms with van der Waals surface area (Å²) < 4.78 is 43.0. The number of alkyl carbamates (subject to hydrolysis) is 1. The molecule has 0 spiro atoms. The normalized spacial score (nSPS) is 20.4. The summed E-state index contributed by atoms with van der Waals surface area (Å²) in [5, 5.41) is 3.61. The number of hydrogen-bond acceptors (Lipinski definition) is 8. The van der Waals surface area contributed by atoms with Crippen LogP contribution in [0.15, 0.2) is 54.7 Å². The highest BCUT2D eigenvalue weighted by Gasteiger charge is 2.52. The molecule has 2 fully saturated rings. The second-order valence-corrected chi connectivity index (χ2v) is 17.2. The van der Waals surface area contributed by atoms with Gasteiger partial charge in [-0.2, -0.15) is 0 Å². The van der Waals surface area contributed by atoms with Crippen LogP contribution in [0.25, 0.3) is 33.4 Å². The Labute approximate surface area is 324 Å². The van der Waals surface area contributed by atoms with Crippen molar-refractivity contribution in [2.75, 3.05) is 13.7 Å². The zero-order valence-electron chi connectivity index (χ0n) is 32.5. The van der Waals surface area contributed by atoms with Crippen molar-refractivity contribution in [1.82, 2.24) is 24.8 Å². The first-order chi connectivity index (χ1) is 26.2. The first-order valence-electron chi connectivity index (χ1n) is 19.0. The molecule has 14 heteroatoms. The Balaban J connectivity index is 1.15. The number of amides is 2. The zero-order valence-corrected chi connectivity index (χ0v) is 33.3. The van der Waals surface area contributed by atoms with Gasteiger partial charge in [-0.05, 0) is 94.7 Å². The van der Waals surface area contributed by atoms with E-state index in [0.717, 1.165) is 34.1 Å². The van der Waals surface area contributed by atoms with Gasteiger partial charge in [-0.1, -0.05) is 32.9 Å². The molecule has 0 radical (unpaired) electrons. The van der Waals surface area contributed by atoms with Crippen LogP contribution in [0.3, 0.4) is 0 Å². The third-order valence-electron chi connectivity index (χ3n) is 11.6. The van der Waals surface area contributed by atoms with Gasteiger partial charge in [-0.3, -0.25) is 9.36 Å². The zero-order chi connectivity index (χ0) is 39.0. The van der Waals surface area contributed by atoms with Gasteiger partial charge in [0.25, 0.3) is 0 Å². The number of ether oxygens (including phenoxy) is 2. The molecule has 2 saturated heterocycles. The number of fused-ring (bicyclic) bond motifs is 5. The van der Waals surface area contributed by atoms with Crippen molar-refractivity contribution >= 4 is 46.8 Å². The van der Waals surface area contributed by atoms with Gasteiger partial charge in [0.15, 0.2) is 0 Å². The number of benzene rings is 2. The van der Waals surface area contributed by atoms with Gasteiger partial charge in [0.1, 0.15) is 23.4 Å². The number of thiophene rings is 1. The predicted octanol–water partition coefficient (Wildman–Crippen LogP) is 7.74. The van der Waals surface area contributed by atoms with Gasteiger partial charge in [-0.25, -0.2) is 14.2 Å². The van der Waals surface area contributed by atoms with Gasteiger partial charge in [0, 0.05) is 22.4 Å². The summed E-state index contributed by atoms with van der Waals surface area (Å²) in [4.78, 5) is 37.8. The van der Waals surface area contributed by atoms with Crippen molar-refractivity contribution < 1.29 is 32.8 Å². The van der Waals surface area contributed by atoms with Crippen molar-refractivity contribution in [3.8, 4) is 28.3 Å². The lowest BCUT2D eigenvalue weighted by atomic mass is 9.78. The number of aromatic amines is 1. The molecule has 5 aromatic rings. The van der Waals surface area contributed by atoms with E-state index >= 15 is 4.39 Å². The minimum absolute atomic E-state index is 0.152. The van der Waals surface area contributed by atoms with Crippen LogP contribution in [0.2, 0.25) is 0 Å². The molecular formula is C41H47BFN5O6S. The molecule has 0 aliphatic carbocycles. The molecule has 11 nitrogen and oxygen atoms in total. The first-order valence-corrected chi connectivity index (χ1v) is 19.8. The second-order valence-electron chi connectivity index (χ2n) is 16.0. The molecule has 2 aromatic carbocycles. The maximum absolute atomic E-state index is 16.6. The van der Waals surface area contributed by atoms with Crippen molar-refractivity contribution in [2.45, 2.75) is 97.2 Å². The fourth-order valence-corrected chi connectivity index (χ4v) is 8.80. The third kappa shape index (κ3) is 6.41. The van der Waals surface area contributed by atoms with Gasteiger partial charge in [-0.15, -0.1) is 11.3 Å². The fourth-order valence-electron chi connectivity index (χ4n) is 7.83. The largest absolute Gasteiger partial charge is 0.494 e. The van der Waals surface area contributed by atoms with Crippen LogP contribution in [0.4, 0.5) is 9.18 Å². The smallest absolute Gasteiger partial charge is 0.464 e. The predicted molar refractivity (Wildman–Crippen MR) is 211 cm³/mol. The number of carbonyl (C=O) groups excluding carboxylic acids is 2. The number of aryl methyl sites for hydroxylation is 1. The Hall–Kier alpha value is -4.66. The maximum atomic E-state index is 16.6. The van der Waals surface area contributed by atoms with Crippen molar-refractivity contribution in [2.24, 2.45) is 5.92 Å². The van der Waals surface area contributed by atoms with E-state index in [1.54, 1.807) is 22.4 Å². The molecule has 6 heterocycles. The van der Waals surface area contributed by atoms with Crippen LogP contribution < -0.4 is 15.5 Å². The highest BCUT2D eigenvalue weighted by molar-refractivity contribution is 7.12. The van der Waals surface area contributed by atoms with Crippen LogP contribution in [0.1, 0.15) is 89.2 Å². The van der Waals surface area contributed by atoms with E-state index in [4.69, 9.17) is 18.8 Å². The molecule has 3 aromatic heterocycles. The topological polar surface area (TPSA) is 120 Å². The summed E-state index contributed by atoms with van der Waals surface area (Å²) in [6, 6.07) is 14.7. The minimum atomic E-state index is -0.745. The molecule has 1 unspecified atom stereocenters. The monoisotopic (exact) mass is 767 g/mol. The van der Waals surface area contributed by atoms with E-state index in [0.29, 0.717) is 47.1 Å². The molecule has 0 bridgehead atoms. The van der Waals surface area contributed by atoms with Crippen molar-refractivity contribution in [3.63, 3.8) is 0 Å². The quantitative estimate of drug-likeness (QED) is 0.155. The summed E-state index contributed by atoms with van der Waals surface area (Å²) in [6.45, 7) is 14.6. The summed E-state index contributed by atoms with van der Waals surface area (Å²) in [7, 11) is 0.745. The summed E-state index contributed by atoms with van der Waals surface area (Å²) in [5.74, 6) is 0.251. The van der Waals surface area contributed by atoms with Crippen LogP contribution in [0.5, 0.6) is 5.75 Å². The Morgan fingerprint density at radius 2 is 1.87 bits per heavy atom. The second kappa shape index (κ2) is 13.8. The maximum Gasteiger partial charge on any atom is 0.494 e. The lowest BCUT2D eigenvalue weighted by Gasteiger charge is -2.32. The Morgan fingerprint density at radius 1 is 1.11 bits per heavy atom. The SMILES string of the molecule is CCc1ccc(C2Oc3cc(-c4cnc([C@@H]5CCCN5C(=O)[C@@H](NC(=O)OC)C(C)C)[nH]4)cc(F)c3-c3cc4cc(B5OC(C)(C)C(C)(C)O5)ccc4n32)s1. The lowest BCUT2D eigenvalue weighted by Crippen LogP contribution is -2.51. The molecule has 288 valence electrons. The van der Waals surface area contributed by atoms with E-state index in [9.17, 15) is 9.59 Å². The molecule has 3 aliphatic heterocycles. The fraction of sp³-hybridized carbons (Fsp3) is 0.439. The van der Waals surface area contributed by atoms with Gasteiger partial charge < -0.3 is 34.0 Å². The van der Waals surface area contributed by atoms with Crippen LogP contribution in [-0.2, 0) is 25.3 Å². The number of imidazole rings is 1. The number of likely N-dealkylation sites (tertiary alicyclic amines) is 1. The van der Waals surface area contributed by atoms with Crippen LogP contribution in [-0.4, -0.2) is 69.5 Å². The van der Waals surface area contributed by atoms with Gasteiger partial charge in [0.2, 0.25) is 12.1 Å². The first kappa shape index (κ1) is 37.3. The van der Waals surface area contributed by atoms with E-state index in [-0.39, 0.29) is 17.9 Å². The molecule has 2 amide bonds. The van der Waals surface area contributed by atoms with Gasteiger partial charge in [0.05, 0.1) is 57.9 Å². The average Bonchev–Trinajstić information content (AvgIpc) is 3.99. The standard InChI is InChI=1S/C41H47BFN5O6S/c1-9-26-13-15-33(55-26)38-48-29-14-12-25(42-53-40(4,5)41(6,7)54-42)17-24(29)19-31(48)34-27(43)18-23(20-32(34)52-38)28-21-44-36(45-28)30-11-10-16-47(30)37(49)35(22(2)3)46-39(50)51-8/h12-15,17-22,30,35,38H,9-11,16H2,1-8H3,(H,44,45)(H,46,50)/t30-,35-,38?/m0/s1. The van der Waals surface area contributed by atoms with Crippen LogP contribution >= 0.6 is 11.3 Å². The molecule has 55 heavy (non-hydrogen) atoms. The number of rotatable bonds is 8. The highest BCUT2D eigenvalue weighted by atomic mass is 32.1. The summed E-state index contributed by atoms with van der Waals surface area (Å²) in [6.07, 6.45) is 2.88. The van der Waals surface area contributed by atoms with E-state index < -0.39 is 42.5 Å². The van der Waals surface area contributed by atoms with Crippen molar-refractivity contribution in [1.29, 1.82) is 0 Å². The molecule has 3 atom stereocenters. The molecule has 3 aliphatic rings. The number of carbonyl (C=O) groups is 2. The minimum Gasteiger partial charge on any atom is -0.464 e. The Morgan fingerprint density at radius 3 is 2.56 bits per heavy atom. The molecule has 2 N–H and O–H groups in total. The van der Waals surface area contributed by atoms with E-state index in [2.05, 4.69) is 45.0 Å². The Bertz CT molecular complexity index is 2280. The average molecular weight is 768 g/mol. The summed E-state index contributed by atoms with van der Waals surface area (Å²) >= 11 is 1.69. The van der Waals surface area contributed by atoms with E-state index in [1.807, 2.05) is 65.8 Å². The number of halogens is 1. The third-order valence-corrected chi connectivity index (χ3v) is 12.9. The number of H-pyrrole nitrogens is 1. The van der Waals surface area contributed by atoms with Gasteiger partial charge >= 0.3 is 13.2 Å². The number of nitrogens with one attached hydrogen (secondary N) is 2. The number of nitrogens with zero attached hydrogens (tertiary/aromatic N) is 3.